The predicted octanol–water partition coefficient (Wildman–Crippen LogP) is 0.0171. The normalized spacial score (nSPS) is 24.4. The zero-order valence-corrected chi connectivity index (χ0v) is 18.6. The lowest BCUT2D eigenvalue weighted by atomic mass is 10.1. The average molecular weight is 472 g/mol. The van der Waals surface area contributed by atoms with E-state index in [2.05, 4.69) is 14.9 Å². The topological polar surface area (TPSA) is 117 Å². The second-order valence-corrected chi connectivity index (χ2v) is 9.40. The van der Waals surface area contributed by atoms with Crippen LogP contribution in [0, 0.1) is 5.82 Å². The summed E-state index contributed by atoms with van der Waals surface area (Å²) < 4.78 is 52.2. The van der Waals surface area contributed by atoms with E-state index in [9.17, 15) is 22.7 Å². The van der Waals surface area contributed by atoms with Gasteiger partial charge in [0.15, 0.2) is 0 Å². The van der Waals surface area contributed by atoms with E-state index >= 15 is 0 Å². The molecule has 0 aromatic heterocycles. The Morgan fingerprint density at radius 2 is 1.97 bits per heavy atom. The van der Waals surface area contributed by atoms with Gasteiger partial charge in [-0.3, -0.25) is 9.69 Å². The fourth-order valence-electron chi connectivity index (χ4n) is 3.63. The number of nitrogens with one attached hydrogen (secondary N) is 2. The highest BCUT2D eigenvalue weighted by Gasteiger charge is 2.32. The molecule has 1 fully saturated rings. The molecule has 2 heterocycles. The summed E-state index contributed by atoms with van der Waals surface area (Å²) >= 11 is 0. The van der Waals surface area contributed by atoms with Crippen molar-refractivity contribution in [2.75, 3.05) is 46.0 Å². The van der Waals surface area contributed by atoms with Crippen LogP contribution in [0.25, 0.3) is 0 Å². The van der Waals surface area contributed by atoms with Crippen molar-refractivity contribution >= 4 is 15.9 Å². The molecule has 3 atom stereocenters. The van der Waals surface area contributed by atoms with Crippen LogP contribution in [0.2, 0.25) is 0 Å². The molecule has 9 nitrogen and oxygen atoms in total. The Morgan fingerprint density at radius 3 is 2.69 bits per heavy atom. The van der Waals surface area contributed by atoms with E-state index < -0.39 is 45.6 Å². The maximum atomic E-state index is 13.9. The van der Waals surface area contributed by atoms with Crippen LogP contribution in [-0.2, 0) is 24.3 Å². The van der Waals surface area contributed by atoms with Crippen molar-refractivity contribution in [2.24, 2.45) is 0 Å². The minimum absolute atomic E-state index is 0.0529. The molecular formula is C21H30FN3O6S. The summed E-state index contributed by atoms with van der Waals surface area (Å²) in [7, 11) is -4.16. The van der Waals surface area contributed by atoms with Crippen molar-refractivity contribution in [3.05, 3.63) is 42.2 Å². The van der Waals surface area contributed by atoms with Gasteiger partial charge in [-0.15, -0.1) is 0 Å². The van der Waals surface area contributed by atoms with Gasteiger partial charge in [0.25, 0.3) is 0 Å². The van der Waals surface area contributed by atoms with Crippen molar-refractivity contribution in [3.63, 3.8) is 0 Å². The first kappa shape index (κ1) is 24.7. The molecular weight excluding hydrogens is 441 g/mol. The molecule has 3 N–H and O–H groups in total. The third-order valence-corrected chi connectivity index (χ3v) is 6.84. The molecule has 178 valence electrons. The molecule has 0 bridgehead atoms. The second kappa shape index (κ2) is 11.8. The Labute approximate surface area is 187 Å². The number of halogens is 1. The zero-order valence-electron chi connectivity index (χ0n) is 17.8. The van der Waals surface area contributed by atoms with Crippen LogP contribution in [0.15, 0.2) is 41.3 Å². The third kappa shape index (κ3) is 7.06. The number of nitrogens with zero attached hydrogens (tertiary/aromatic N) is 1. The molecule has 0 aliphatic carbocycles. The molecule has 0 unspecified atom stereocenters. The molecule has 0 saturated carbocycles. The van der Waals surface area contributed by atoms with Crippen LogP contribution >= 0.6 is 0 Å². The quantitative estimate of drug-likeness (QED) is 0.325. The van der Waals surface area contributed by atoms with Crippen LogP contribution in [0.1, 0.15) is 12.8 Å². The molecule has 11 heteroatoms. The lowest BCUT2D eigenvalue weighted by Gasteiger charge is -2.31. The first-order chi connectivity index (χ1) is 15.4. The van der Waals surface area contributed by atoms with E-state index in [-0.39, 0.29) is 12.3 Å². The first-order valence-electron chi connectivity index (χ1n) is 10.7. The maximum absolute atomic E-state index is 13.9. The van der Waals surface area contributed by atoms with Crippen molar-refractivity contribution in [2.45, 2.75) is 36.0 Å². The van der Waals surface area contributed by atoms with Gasteiger partial charge in [-0.2, -0.15) is 0 Å². The number of sulfonamides is 1. The summed E-state index contributed by atoms with van der Waals surface area (Å²) in [5.74, 6) is -1.06. The van der Waals surface area contributed by atoms with E-state index in [0.717, 1.165) is 51.4 Å². The highest BCUT2D eigenvalue weighted by molar-refractivity contribution is 7.89. The summed E-state index contributed by atoms with van der Waals surface area (Å²) in [6.07, 6.45) is 2.48. The smallest absolute Gasteiger partial charge is 0.244 e. The number of hydrogen-bond acceptors (Lipinski definition) is 7. The zero-order chi connectivity index (χ0) is 23.0. The molecule has 2 aliphatic rings. The van der Waals surface area contributed by atoms with Crippen molar-refractivity contribution in [1.29, 1.82) is 0 Å². The average Bonchev–Trinajstić information content (AvgIpc) is 2.78. The number of amides is 1. The van der Waals surface area contributed by atoms with Gasteiger partial charge in [-0.25, -0.2) is 17.5 Å². The largest absolute Gasteiger partial charge is 0.394 e. The van der Waals surface area contributed by atoms with Crippen LogP contribution in [0.3, 0.4) is 0 Å². The highest BCUT2D eigenvalue weighted by atomic mass is 32.2. The van der Waals surface area contributed by atoms with Crippen LogP contribution < -0.4 is 10.0 Å². The van der Waals surface area contributed by atoms with E-state index in [4.69, 9.17) is 9.47 Å². The fraction of sp³-hybridized carbons (Fsp3) is 0.571. The van der Waals surface area contributed by atoms with E-state index in [0.29, 0.717) is 6.54 Å². The van der Waals surface area contributed by atoms with Gasteiger partial charge in [0.05, 0.1) is 38.4 Å². The van der Waals surface area contributed by atoms with E-state index in [1.54, 1.807) is 6.08 Å². The van der Waals surface area contributed by atoms with Crippen LogP contribution in [0.4, 0.5) is 4.39 Å². The number of benzene rings is 1. The number of morpholine rings is 1. The summed E-state index contributed by atoms with van der Waals surface area (Å²) in [6.45, 7) is 4.24. The first-order valence-corrected chi connectivity index (χ1v) is 12.2. The van der Waals surface area contributed by atoms with Gasteiger partial charge < -0.3 is 19.9 Å². The Kier molecular flexibility index (Phi) is 9.14. The second-order valence-electron chi connectivity index (χ2n) is 7.72. The molecule has 0 spiro atoms. The Balaban J connectivity index is 1.47. The number of aliphatic hydroxyl groups excluding tert-OH is 1. The Hall–Kier alpha value is -1.89. The van der Waals surface area contributed by atoms with Gasteiger partial charge in [-0.1, -0.05) is 24.3 Å². The molecule has 1 aromatic rings. The number of carbonyl (C=O) groups excluding carboxylic acids is 1. The number of aliphatic hydroxyl groups is 1. The van der Waals surface area contributed by atoms with Gasteiger partial charge in [0.2, 0.25) is 15.9 Å². The number of ether oxygens (including phenoxy) is 2. The maximum Gasteiger partial charge on any atom is 0.244 e. The van der Waals surface area contributed by atoms with Gasteiger partial charge in [-0.05, 0) is 25.1 Å². The van der Waals surface area contributed by atoms with E-state index in [1.807, 2.05) is 0 Å². The van der Waals surface area contributed by atoms with Crippen LogP contribution in [-0.4, -0.2) is 88.6 Å². The monoisotopic (exact) mass is 471 g/mol. The van der Waals surface area contributed by atoms with Crippen LogP contribution in [0.5, 0.6) is 0 Å². The highest BCUT2D eigenvalue weighted by Crippen LogP contribution is 2.19. The predicted molar refractivity (Wildman–Crippen MR) is 115 cm³/mol. The van der Waals surface area contributed by atoms with Gasteiger partial charge in [0.1, 0.15) is 16.8 Å². The Bertz CT molecular complexity index is 891. The number of carbonyl (C=O) groups is 1. The number of hydrogen-bond donors (Lipinski definition) is 3. The molecule has 1 saturated heterocycles. The molecule has 0 radical (unpaired) electrons. The van der Waals surface area contributed by atoms with Crippen molar-refractivity contribution < 1.29 is 32.2 Å². The summed E-state index contributed by atoms with van der Waals surface area (Å²) in [4.78, 5) is 14.0. The van der Waals surface area contributed by atoms with Crippen molar-refractivity contribution in [3.8, 4) is 0 Å². The van der Waals surface area contributed by atoms with Gasteiger partial charge >= 0.3 is 0 Å². The molecule has 1 aromatic carbocycles. The summed E-state index contributed by atoms with van der Waals surface area (Å²) in [5, 5.41) is 12.5. The van der Waals surface area contributed by atoms with E-state index in [1.165, 1.54) is 18.2 Å². The third-order valence-electron chi connectivity index (χ3n) is 5.34. The molecule has 1 amide bonds. The lowest BCUT2D eigenvalue weighted by molar-refractivity contribution is -0.125. The fourth-order valence-corrected chi connectivity index (χ4v) is 4.92. The molecule has 3 rings (SSSR count). The minimum Gasteiger partial charge on any atom is -0.394 e. The SMILES string of the molecule is O=C(C[C@@H]1C=C[C@H](NS(=O)(=O)c2ccccc2F)[C@@H](CO)O1)NCCCN1CCOCC1. The molecule has 2 aliphatic heterocycles. The van der Waals surface area contributed by atoms with Gasteiger partial charge in [0, 0.05) is 19.6 Å². The lowest BCUT2D eigenvalue weighted by Crippen LogP contribution is -2.49. The molecule has 32 heavy (non-hydrogen) atoms. The number of rotatable bonds is 10. The standard InChI is InChI=1S/C21H30FN3O6S/c22-17-4-1-2-5-20(17)32(28,29)24-18-7-6-16(31-19(18)15-26)14-21(27)23-8-3-9-25-10-12-30-13-11-25/h1-2,4-7,16,18-19,24,26H,3,8-15H2,(H,23,27)/t16-,18-,19+/m0/s1. The minimum atomic E-state index is -4.16. The Morgan fingerprint density at radius 1 is 1.22 bits per heavy atom. The summed E-state index contributed by atoms with van der Waals surface area (Å²) in [5.41, 5.74) is 0. The van der Waals surface area contributed by atoms with Crippen molar-refractivity contribution in [1.82, 2.24) is 14.9 Å². The summed E-state index contributed by atoms with van der Waals surface area (Å²) in [6, 6.07) is 4.14.